The highest BCUT2D eigenvalue weighted by atomic mass is 32.1. The topological polar surface area (TPSA) is 12.0 Å². The molecule has 2 heteroatoms. The molecule has 0 aliphatic heterocycles. The van der Waals surface area contributed by atoms with Crippen LogP contribution in [0, 0.1) is 13.8 Å². The van der Waals surface area contributed by atoms with Crippen LogP contribution in [0.25, 0.3) is 10.1 Å². The van der Waals surface area contributed by atoms with E-state index in [2.05, 4.69) is 74.6 Å². The van der Waals surface area contributed by atoms with Gasteiger partial charge in [0, 0.05) is 9.58 Å². The van der Waals surface area contributed by atoms with Crippen LogP contribution in [0.2, 0.25) is 0 Å². The van der Waals surface area contributed by atoms with Crippen molar-refractivity contribution < 1.29 is 0 Å². The molecule has 0 aliphatic rings. The molecular weight excluding hydrogens is 274 g/mol. The molecular formula is C19H21NS. The maximum atomic E-state index is 3.65. The maximum Gasteiger partial charge on any atom is 0.0674 e. The minimum atomic E-state index is 0.285. The van der Waals surface area contributed by atoms with Gasteiger partial charge in [-0.05, 0) is 54.6 Å². The summed E-state index contributed by atoms with van der Waals surface area (Å²) in [6, 6.07) is 17.8. The summed E-state index contributed by atoms with van der Waals surface area (Å²) < 4.78 is 1.36. The van der Waals surface area contributed by atoms with Gasteiger partial charge in [-0.1, -0.05) is 43.3 Å². The van der Waals surface area contributed by atoms with Crippen LogP contribution in [0.15, 0.2) is 48.5 Å². The summed E-state index contributed by atoms with van der Waals surface area (Å²) in [6.45, 7) is 7.55. The molecule has 0 aliphatic carbocycles. The minimum Gasteiger partial charge on any atom is -0.306 e. The number of rotatable bonds is 4. The van der Waals surface area contributed by atoms with Crippen molar-refractivity contribution in [2.45, 2.75) is 26.8 Å². The van der Waals surface area contributed by atoms with Crippen LogP contribution in [0.1, 0.15) is 34.5 Å². The fourth-order valence-corrected chi connectivity index (χ4v) is 3.96. The fourth-order valence-electron chi connectivity index (χ4n) is 2.80. The summed E-state index contributed by atoms with van der Waals surface area (Å²) in [6.07, 6.45) is 0. The Balaban J connectivity index is 2.10. The molecule has 0 amide bonds. The number of nitrogens with one attached hydrogen (secondary N) is 1. The van der Waals surface area contributed by atoms with E-state index >= 15 is 0 Å². The highest BCUT2D eigenvalue weighted by Gasteiger charge is 2.18. The molecule has 1 nitrogen and oxygen atoms in total. The lowest BCUT2D eigenvalue weighted by molar-refractivity contribution is 0.636. The molecule has 0 bridgehead atoms. The molecule has 0 saturated heterocycles. The minimum absolute atomic E-state index is 0.285. The zero-order valence-electron chi connectivity index (χ0n) is 12.8. The van der Waals surface area contributed by atoms with Gasteiger partial charge in [0.25, 0.3) is 0 Å². The van der Waals surface area contributed by atoms with Crippen molar-refractivity contribution in [3.8, 4) is 0 Å². The van der Waals surface area contributed by atoms with Gasteiger partial charge in [-0.2, -0.15) is 0 Å². The largest absolute Gasteiger partial charge is 0.306 e. The normalized spacial score (nSPS) is 12.7. The van der Waals surface area contributed by atoms with Crippen molar-refractivity contribution >= 4 is 21.4 Å². The van der Waals surface area contributed by atoms with Gasteiger partial charge in [0.2, 0.25) is 0 Å². The third kappa shape index (κ3) is 2.74. The van der Waals surface area contributed by atoms with E-state index in [-0.39, 0.29) is 6.04 Å². The Hall–Kier alpha value is -1.64. The second-order valence-corrected chi connectivity index (χ2v) is 6.58. The monoisotopic (exact) mass is 295 g/mol. The van der Waals surface area contributed by atoms with E-state index in [0.717, 1.165) is 6.54 Å². The molecule has 1 aromatic heterocycles. The van der Waals surface area contributed by atoms with Crippen molar-refractivity contribution in [2.75, 3.05) is 6.54 Å². The van der Waals surface area contributed by atoms with Crippen molar-refractivity contribution in [2.24, 2.45) is 0 Å². The molecule has 0 fully saturated rings. The fraction of sp³-hybridized carbons (Fsp3) is 0.263. The van der Waals surface area contributed by atoms with Gasteiger partial charge in [0.05, 0.1) is 6.04 Å². The van der Waals surface area contributed by atoms with Gasteiger partial charge in [-0.25, -0.2) is 0 Å². The molecule has 21 heavy (non-hydrogen) atoms. The third-order valence-electron chi connectivity index (χ3n) is 4.09. The third-order valence-corrected chi connectivity index (χ3v) is 5.28. The van der Waals surface area contributed by atoms with Gasteiger partial charge in [-0.15, -0.1) is 11.3 Å². The van der Waals surface area contributed by atoms with Crippen LogP contribution in [0.3, 0.4) is 0 Å². The van der Waals surface area contributed by atoms with E-state index < -0.39 is 0 Å². The molecule has 1 unspecified atom stereocenters. The number of thiophene rings is 1. The number of fused-ring (bicyclic) bond motifs is 1. The predicted octanol–water partition coefficient (Wildman–Crippen LogP) is 5.22. The van der Waals surface area contributed by atoms with E-state index in [4.69, 9.17) is 0 Å². The molecule has 0 spiro atoms. The first-order valence-corrected chi connectivity index (χ1v) is 8.30. The summed E-state index contributed by atoms with van der Waals surface area (Å²) >= 11 is 1.89. The van der Waals surface area contributed by atoms with Crippen LogP contribution >= 0.6 is 11.3 Å². The summed E-state index contributed by atoms with van der Waals surface area (Å²) in [4.78, 5) is 1.40. The molecule has 1 atom stereocenters. The van der Waals surface area contributed by atoms with Gasteiger partial charge in [0.15, 0.2) is 0 Å². The van der Waals surface area contributed by atoms with Crippen LogP contribution in [0.5, 0.6) is 0 Å². The highest BCUT2D eigenvalue weighted by Crippen LogP contribution is 2.34. The van der Waals surface area contributed by atoms with Gasteiger partial charge in [0.1, 0.15) is 0 Å². The standard InChI is InChI=1S/C19H21NS/c1-4-20-19(16-10-7-8-13(2)14(16)3)18-12-15-9-5-6-11-17(15)21-18/h5-12,19-20H,4H2,1-3H3. The van der Waals surface area contributed by atoms with E-state index in [1.165, 1.54) is 31.7 Å². The lowest BCUT2D eigenvalue weighted by Crippen LogP contribution is -2.22. The van der Waals surface area contributed by atoms with Gasteiger partial charge < -0.3 is 5.32 Å². The summed E-state index contributed by atoms with van der Waals surface area (Å²) in [5.41, 5.74) is 4.14. The Kier molecular flexibility index (Phi) is 4.09. The second kappa shape index (κ2) is 6.00. The first-order valence-electron chi connectivity index (χ1n) is 7.48. The van der Waals surface area contributed by atoms with Gasteiger partial charge >= 0.3 is 0 Å². The van der Waals surface area contributed by atoms with Crippen molar-refractivity contribution in [3.63, 3.8) is 0 Å². The molecule has 3 aromatic rings. The Morgan fingerprint density at radius 1 is 1.05 bits per heavy atom. The predicted molar refractivity (Wildman–Crippen MR) is 93.3 cm³/mol. The van der Waals surface area contributed by atoms with Crippen molar-refractivity contribution in [1.82, 2.24) is 5.32 Å². The number of hydrogen-bond donors (Lipinski definition) is 1. The quantitative estimate of drug-likeness (QED) is 0.696. The van der Waals surface area contributed by atoms with E-state index in [1.807, 2.05) is 11.3 Å². The first-order chi connectivity index (χ1) is 10.2. The zero-order valence-corrected chi connectivity index (χ0v) is 13.6. The van der Waals surface area contributed by atoms with Crippen LogP contribution in [-0.2, 0) is 0 Å². The number of benzene rings is 2. The molecule has 3 rings (SSSR count). The van der Waals surface area contributed by atoms with E-state index in [9.17, 15) is 0 Å². The molecule has 2 aromatic carbocycles. The first kappa shape index (κ1) is 14.3. The highest BCUT2D eigenvalue weighted by molar-refractivity contribution is 7.19. The molecule has 0 radical (unpaired) electrons. The van der Waals surface area contributed by atoms with Crippen LogP contribution in [0.4, 0.5) is 0 Å². The lowest BCUT2D eigenvalue weighted by atomic mass is 9.96. The zero-order chi connectivity index (χ0) is 14.8. The SMILES string of the molecule is CCNC(c1cc2ccccc2s1)c1cccc(C)c1C. The maximum absolute atomic E-state index is 3.65. The second-order valence-electron chi connectivity index (χ2n) is 5.47. The van der Waals surface area contributed by atoms with Crippen LogP contribution < -0.4 is 5.32 Å². The molecule has 1 N–H and O–H groups in total. The summed E-state index contributed by atoms with van der Waals surface area (Å²) in [5.74, 6) is 0. The smallest absolute Gasteiger partial charge is 0.0674 e. The van der Waals surface area contributed by atoms with Crippen molar-refractivity contribution in [3.05, 3.63) is 70.1 Å². The number of aryl methyl sites for hydroxylation is 1. The lowest BCUT2D eigenvalue weighted by Gasteiger charge is -2.20. The average Bonchev–Trinajstić information content (AvgIpc) is 2.91. The Morgan fingerprint density at radius 3 is 2.62 bits per heavy atom. The summed E-state index contributed by atoms with van der Waals surface area (Å²) in [7, 11) is 0. The van der Waals surface area contributed by atoms with Crippen LogP contribution in [-0.4, -0.2) is 6.54 Å². The van der Waals surface area contributed by atoms with Crippen molar-refractivity contribution in [1.29, 1.82) is 0 Å². The Bertz CT molecular complexity index is 724. The molecule has 1 heterocycles. The average molecular weight is 295 g/mol. The Labute approximate surface area is 130 Å². The van der Waals surface area contributed by atoms with E-state index in [1.54, 1.807) is 0 Å². The molecule has 0 saturated carbocycles. The number of hydrogen-bond acceptors (Lipinski definition) is 2. The van der Waals surface area contributed by atoms with Gasteiger partial charge in [-0.3, -0.25) is 0 Å². The summed E-state index contributed by atoms with van der Waals surface area (Å²) in [5, 5.41) is 4.99. The Morgan fingerprint density at radius 2 is 1.86 bits per heavy atom. The molecule has 108 valence electrons. The van der Waals surface area contributed by atoms with E-state index in [0.29, 0.717) is 0 Å².